The van der Waals surface area contributed by atoms with Crippen molar-refractivity contribution in [2.75, 3.05) is 0 Å². The summed E-state index contributed by atoms with van der Waals surface area (Å²) in [7, 11) is 0. The molecule has 1 heterocycles. The fraction of sp³-hybridized carbons (Fsp3) is 0.889. The summed E-state index contributed by atoms with van der Waals surface area (Å²) < 4.78 is 5.50. The molecule has 0 radical (unpaired) electrons. The molecule has 2 heteroatoms. The number of fused-ring (bicyclic) bond motifs is 5. The third kappa shape index (κ3) is 0.696. The average molecular weight is 149 g/mol. The van der Waals surface area contributed by atoms with E-state index in [1.807, 2.05) is 0 Å². The van der Waals surface area contributed by atoms with Crippen LogP contribution in [0.15, 0.2) is 0 Å². The minimum atomic E-state index is 0.343. The predicted octanol–water partition coefficient (Wildman–Crippen LogP) is 1.32. The number of epoxide rings is 1. The Bertz CT molecular complexity index is 216. The molecule has 58 valence electrons. The van der Waals surface area contributed by atoms with Crippen LogP contribution in [0.25, 0.3) is 0 Å². The molecule has 2 aliphatic carbocycles. The lowest BCUT2D eigenvalue weighted by Gasteiger charge is -2.25. The number of rotatable bonds is 0. The Balaban J connectivity index is 1.84. The molecule has 0 aromatic rings. The highest BCUT2D eigenvalue weighted by Crippen LogP contribution is 2.55. The van der Waals surface area contributed by atoms with E-state index in [-0.39, 0.29) is 0 Å². The van der Waals surface area contributed by atoms with Gasteiger partial charge in [0.15, 0.2) is 0 Å². The fourth-order valence-electron chi connectivity index (χ4n) is 2.95. The van der Waals surface area contributed by atoms with Crippen LogP contribution < -0.4 is 0 Å². The summed E-state index contributed by atoms with van der Waals surface area (Å²) in [6.45, 7) is 0. The van der Waals surface area contributed by atoms with E-state index >= 15 is 0 Å². The van der Waals surface area contributed by atoms with E-state index in [0.29, 0.717) is 18.1 Å². The fourth-order valence-corrected chi connectivity index (χ4v) is 2.95. The van der Waals surface area contributed by atoms with E-state index < -0.39 is 0 Å². The highest BCUT2D eigenvalue weighted by atomic mass is 16.6. The van der Waals surface area contributed by atoms with Gasteiger partial charge in [0.25, 0.3) is 0 Å². The quantitative estimate of drug-likeness (QED) is 0.487. The van der Waals surface area contributed by atoms with Crippen molar-refractivity contribution in [1.82, 2.24) is 0 Å². The van der Waals surface area contributed by atoms with Gasteiger partial charge in [0, 0.05) is 5.92 Å². The molecular formula is C9H11NO. The third-order valence-electron chi connectivity index (χ3n) is 3.45. The Morgan fingerprint density at radius 2 is 1.73 bits per heavy atom. The molecular weight excluding hydrogens is 138 g/mol. The summed E-state index contributed by atoms with van der Waals surface area (Å²) in [4.78, 5) is 0. The summed E-state index contributed by atoms with van der Waals surface area (Å²) in [6, 6.07) is 2.39. The maximum Gasteiger partial charge on any atom is 0.0873 e. The highest BCUT2D eigenvalue weighted by molar-refractivity contribution is 5.09. The standard InChI is InChI=1S/C9H11NO/c10-4-5-1-6-3-7(2-5)9-8(6)11-9/h5-9H,1-3H2. The topological polar surface area (TPSA) is 36.3 Å². The predicted molar refractivity (Wildman–Crippen MR) is 38.6 cm³/mol. The first-order chi connectivity index (χ1) is 5.38. The van der Waals surface area contributed by atoms with Crippen molar-refractivity contribution in [3.05, 3.63) is 0 Å². The van der Waals surface area contributed by atoms with Gasteiger partial charge in [-0.3, -0.25) is 0 Å². The van der Waals surface area contributed by atoms with E-state index in [0.717, 1.165) is 24.7 Å². The van der Waals surface area contributed by atoms with Crippen LogP contribution in [-0.4, -0.2) is 12.2 Å². The molecule has 1 saturated heterocycles. The van der Waals surface area contributed by atoms with Gasteiger partial charge in [-0.05, 0) is 31.1 Å². The molecule has 4 unspecified atom stereocenters. The normalized spacial score (nSPS) is 58.3. The molecule has 1 aliphatic heterocycles. The van der Waals surface area contributed by atoms with E-state index in [2.05, 4.69) is 6.07 Å². The number of ether oxygens (including phenoxy) is 1. The number of hydrogen-bond donors (Lipinski definition) is 0. The van der Waals surface area contributed by atoms with Gasteiger partial charge >= 0.3 is 0 Å². The van der Waals surface area contributed by atoms with E-state index in [4.69, 9.17) is 10.00 Å². The average Bonchev–Trinajstić information content (AvgIpc) is 2.78. The molecule has 2 saturated carbocycles. The van der Waals surface area contributed by atoms with Crippen LogP contribution in [0.2, 0.25) is 0 Å². The first-order valence-corrected chi connectivity index (χ1v) is 4.43. The molecule has 0 amide bonds. The van der Waals surface area contributed by atoms with Crippen LogP contribution in [0.1, 0.15) is 19.3 Å². The molecule has 4 atom stereocenters. The zero-order valence-corrected chi connectivity index (χ0v) is 6.36. The second kappa shape index (κ2) is 1.78. The molecule has 0 aromatic heterocycles. The first-order valence-electron chi connectivity index (χ1n) is 4.43. The summed E-state index contributed by atoms with van der Waals surface area (Å²) in [5.41, 5.74) is 0. The van der Waals surface area contributed by atoms with E-state index in [1.165, 1.54) is 6.42 Å². The molecule has 2 bridgehead atoms. The van der Waals surface area contributed by atoms with Crippen molar-refractivity contribution in [2.45, 2.75) is 31.5 Å². The SMILES string of the molecule is N#CC1CC2CC(C1)C1OC21. The molecule has 0 spiro atoms. The largest absolute Gasteiger partial charge is 0.369 e. The summed E-state index contributed by atoms with van der Waals surface area (Å²) >= 11 is 0. The molecule has 3 aliphatic rings. The Labute approximate surface area is 66.1 Å². The molecule has 2 nitrogen and oxygen atoms in total. The Hall–Kier alpha value is -0.550. The van der Waals surface area contributed by atoms with Gasteiger partial charge in [-0.15, -0.1) is 0 Å². The Morgan fingerprint density at radius 1 is 1.09 bits per heavy atom. The van der Waals surface area contributed by atoms with Gasteiger partial charge < -0.3 is 4.74 Å². The second-order valence-electron chi connectivity index (χ2n) is 4.12. The van der Waals surface area contributed by atoms with Crippen LogP contribution in [0, 0.1) is 29.1 Å². The number of nitriles is 1. The Morgan fingerprint density at radius 3 is 2.27 bits per heavy atom. The van der Waals surface area contributed by atoms with Gasteiger partial charge in [0.1, 0.15) is 0 Å². The van der Waals surface area contributed by atoms with Crippen molar-refractivity contribution < 1.29 is 4.74 Å². The van der Waals surface area contributed by atoms with Crippen LogP contribution in [-0.2, 0) is 4.74 Å². The highest BCUT2D eigenvalue weighted by Gasteiger charge is 2.59. The van der Waals surface area contributed by atoms with Crippen LogP contribution >= 0.6 is 0 Å². The maximum absolute atomic E-state index is 8.76. The Kier molecular flexibility index (Phi) is 0.976. The zero-order chi connectivity index (χ0) is 7.42. The molecule has 0 N–H and O–H groups in total. The molecule has 3 fully saturated rings. The minimum Gasteiger partial charge on any atom is -0.369 e. The zero-order valence-electron chi connectivity index (χ0n) is 6.36. The number of nitrogens with zero attached hydrogens (tertiary/aromatic N) is 1. The van der Waals surface area contributed by atoms with Crippen molar-refractivity contribution in [3.8, 4) is 6.07 Å². The van der Waals surface area contributed by atoms with Gasteiger partial charge in [-0.1, -0.05) is 0 Å². The molecule has 11 heavy (non-hydrogen) atoms. The molecule has 3 rings (SSSR count). The smallest absolute Gasteiger partial charge is 0.0873 e. The number of hydrogen-bond acceptors (Lipinski definition) is 2. The van der Waals surface area contributed by atoms with Crippen molar-refractivity contribution in [3.63, 3.8) is 0 Å². The van der Waals surface area contributed by atoms with Gasteiger partial charge in [0.2, 0.25) is 0 Å². The van der Waals surface area contributed by atoms with E-state index in [1.54, 1.807) is 0 Å². The van der Waals surface area contributed by atoms with Crippen molar-refractivity contribution in [2.24, 2.45) is 17.8 Å². The maximum atomic E-state index is 8.76. The monoisotopic (exact) mass is 149 g/mol. The van der Waals surface area contributed by atoms with Crippen LogP contribution in [0.3, 0.4) is 0 Å². The van der Waals surface area contributed by atoms with Gasteiger partial charge in [-0.25, -0.2) is 0 Å². The molecule has 0 aromatic carbocycles. The minimum absolute atomic E-state index is 0.343. The van der Waals surface area contributed by atoms with Crippen LogP contribution in [0.4, 0.5) is 0 Å². The van der Waals surface area contributed by atoms with E-state index in [9.17, 15) is 0 Å². The van der Waals surface area contributed by atoms with Crippen molar-refractivity contribution >= 4 is 0 Å². The lowest BCUT2D eigenvalue weighted by atomic mass is 9.81. The second-order valence-corrected chi connectivity index (χ2v) is 4.12. The van der Waals surface area contributed by atoms with Gasteiger partial charge in [0.05, 0.1) is 18.3 Å². The van der Waals surface area contributed by atoms with Crippen LogP contribution in [0.5, 0.6) is 0 Å². The summed E-state index contributed by atoms with van der Waals surface area (Å²) in [5.74, 6) is 1.82. The lowest BCUT2D eigenvalue weighted by Crippen LogP contribution is -2.20. The summed E-state index contributed by atoms with van der Waals surface area (Å²) in [6.07, 6.45) is 4.69. The van der Waals surface area contributed by atoms with Crippen molar-refractivity contribution in [1.29, 1.82) is 5.26 Å². The summed E-state index contributed by atoms with van der Waals surface area (Å²) in [5, 5.41) is 8.76. The lowest BCUT2D eigenvalue weighted by molar-refractivity contribution is 0.151. The van der Waals surface area contributed by atoms with Gasteiger partial charge in [-0.2, -0.15) is 5.26 Å². The first kappa shape index (κ1) is 6.02. The third-order valence-corrected chi connectivity index (χ3v) is 3.45.